The summed E-state index contributed by atoms with van der Waals surface area (Å²) in [5.74, 6) is 1.78. The summed E-state index contributed by atoms with van der Waals surface area (Å²) >= 11 is 1.55. The number of nitrogens with one attached hydrogen (secondary N) is 2. The van der Waals surface area contributed by atoms with Gasteiger partial charge in [-0.15, -0.1) is 11.3 Å². The van der Waals surface area contributed by atoms with Crippen molar-refractivity contribution in [1.82, 2.24) is 24.8 Å². The first-order valence-corrected chi connectivity index (χ1v) is 11.6. The molecule has 1 fully saturated rings. The second kappa shape index (κ2) is 10.0. The van der Waals surface area contributed by atoms with Gasteiger partial charge in [-0.2, -0.15) is 15.0 Å². The SMILES string of the molecule is CCC(=O)Cc1ccc(Nc2nc(Nc3ncc(C)s3)nc(N3CCN(C)CC3)n2)cc1. The number of hydrogen-bond acceptors (Lipinski definition) is 10. The summed E-state index contributed by atoms with van der Waals surface area (Å²) in [5, 5.41) is 7.23. The monoisotopic (exact) mass is 452 g/mol. The average molecular weight is 453 g/mol. The van der Waals surface area contributed by atoms with Gasteiger partial charge in [0.15, 0.2) is 5.13 Å². The third kappa shape index (κ3) is 5.77. The minimum absolute atomic E-state index is 0.230. The van der Waals surface area contributed by atoms with E-state index >= 15 is 0 Å². The number of nitrogens with zero attached hydrogens (tertiary/aromatic N) is 6. The van der Waals surface area contributed by atoms with Gasteiger partial charge in [0.25, 0.3) is 0 Å². The van der Waals surface area contributed by atoms with Gasteiger partial charge in [0, 0.05) is 55.8 Å². The number of likely N-dealkylation sites (N-methyl/N-ethyl adjacent to an activating group) is 1. The van der Waals surface area contributed by atoms with E-state index in [-0.39, 0.29) is 5.78 Å². The molecule has 4 rings (SSSR count). The first kappa shape index (κ1) is 22.1. The lowest BCUT2D eigenvalue weighted by Crippen LogP contribution is -2.45. The Kier molecular flexibility index (Phi) is 6.91. The fraction of sp³-hybridized carbons (Fsp3) is 0.409. The van der Waals surface area contributed by atoms with Gasteiger partial charge >= 0.3 is 0 Å². The van der Waals surface area contributed by atoms with E-state index in [0.29, 0.717) is 30.7 Å². The third-order valence-corrected chi connectivity index (χ3v) is 6.08. The highest BCUT2D eigenvalue weighted by atomic mass is 32.1. The van der Waals surface area contributed by atoms with Gasteiger partial charge in [0.2, 0.25) is 17.8 Å². The number of benzene rings is 1. The predicted octanol–water partition coefficient (Wildman–Crippen LogP) is 3.40. The molecule has 10 heteroatoms. The number of ketones is 1. The average Bonchev–Trinajstić information content (AvgIpc) is 3.19. The van der Waals surface area contributed by atoms with Crippen molar-refractivity contribution in [2.75, 3.05) is 48.8 Å². The van der Waals surface area contributed by atoms with Crippen LogP contribution in [0.15, 0.2) is 30.5 Å². The number of anilines is 5. The number of hydrogen-bond donors (Lipinski definition) is 2. The number of carbonyl (C=O) groups excluding carboxylic acids is 1. The summed E-state index contributed by atoms with van der Waals surface area (Å²) in [6.45, 7) is 7.53. The van der Waals surface area contributed by atoms with Crippen molar-refractivity contribution in [2.45, 2.75) is 26.7 Å². The molecule has 0 radical (unpaired) electrons. The van der Waals surface area contributed by atoms with Crippen LogP contribution in [0.2, 0.25) is 0 Å². The smallest absolute Gasteiger partial charge is 0.235 e. The van der Waals surface area contributed by atoms with E-state index in [1.165, 1.54) is 0 Å². The predicted molar refractivity (Wildman–Crippen MR) is 128 cm³/mol. The minimum atomic E-state index is 0.230. The summed E-state index contributed by atoms with van der Waals surface area (Å²) in [7, 11) is 2.12. The molecule has 1 aliphatic rings. The largest absolute Gasteiger partial charge is 0.338 e. The van der Waals surface area contributed by atoms with Crippen molar-refractivity contribution in [3.8, 4) is 0 Å². The van der Waals surface area contributed by atoms with Gasteiger partial charge in [-0.3, -0.25) is 10.1 Å². The van der Waals surface area contributed by atoms with Crippen LogP contribution >= 0.6 is 11.3 Å². The summed E-state index contributed by atoms with van der Waals surface area (Å²) in [6.07, 6.45) is 2.82. The molecule has 1 aromatic carbocycles. The molecule has 0 saturated carbocycles. The lowest BCUT2D eigenvalue weighted by atomic mass is 10.1. The van der Waals surface area contributed by atoms with E-state index in [2.05, 4.69) is 47.4 Å². The van der Waals surface area contributed by atoms with Crippen molar-refractivity contribution in [1.29, 1.82) is 0 Å². The topological polar surface area (TPSA) is 99.2 Å². The molecule has 0 atom stereocenters. The molecule has 3 aromatic rings. The first-order valence-electron chi connectivity index (χ1n) is 10.7. The van der Waals surface area contributed by atoms with E-state index in [9.17, 15) is 4.79 Å². The highest BCUT2D eigenvalue weighted by molar-refractivity contribution is 7.15. The van der Waals surface area contributed by atoms with E-state index in [1.807, 2.05) is 44.3 Å². The summed E-state index contributed by atoms with van der Waals surface area (Å²) in [4.78, 5) is 35.5. The van der Waals surface area contributed by atoms with Crippen LogP contribution in [0.1, 0.15) is 23.8 Å². The molecule has 3 heterocycles. The molecular formula is C22H28N8OS. The molecule has 2 N–H and O–H groups in total. The quantitative estimate of drug-likeness (QED) is 0.533. The van der Waals surface area contributed by atoms with Crippen LogP contribution in [-0.2, 0) is 11.2 Å². The highest BCUT2D eigenvalue weighted by Crippen LogP contribution is 2.23. The van der Waals surface area contributed by atoms with E-state index in [4.69, 9.17) is 0 Å². The standard InChI is InChI=1S/C22H28N8OS/c1-4-18(31)13-16-5-7-17(8-6-16)24-19-25-20(28-22-23-14-15(2)32-22)27-21(26-19)30-11-9-29(3)10-12-30/h5-8,14H,4,9-13H2,1-3H3,(H2,23,24,25,26,27,28). The van der Waals surface area contributed by atoms with Crippen molar-refractivity contribution in [3.63, 3.8) is 0 Å². The molecule has 2 aromatic heterocycles. The van der Waals surface area contributed by atoms with Crippen molar-refractivity contribution < 1.29 is 4.79 Å². The van der Waals surface area contributed by atoms with E-state index < -0.39 is 0 Å². The van der Waals surface area contributed by atoms with Crippen molar-refractivity contribution >= 4 is 45.8 Å². The maximum atomic E-state index is 11.7. The van der Waals surface area contributed by atoms with Gasteiger partial charge in [-0.1, -0.05) is 19.1 Å². The third-order valence-electron chi connectivity index (χ3n) is 5.26. The Bertz CT molecular complexity index is 1060. The van der Waals surface area contributed by atoms with Crippen LogP contribution in [0.4, 0.5) is 28.7 Å². The van der Waals surface area contributed by atoms with Crippen molar-refractivity contribution in [3.05, 3.63) is 40.9 Å². The van der Waals surface area contributed by atoms with Crippen LogP contribution in [0.25, 0.3) is 0 Å². The summed E-state index contributed by atoms with van der Waals surface area (Å²) in [5.41, 5.74) is 1.85. The van der Waals surface area contributed by atoms with Crippen LogP contribution in [0.5, 0.6) is 0 Å². The Morgan fingerprint density at radius 1 is 1.03 bits per heavy atom. The Morgan fingerprint density at radius 3 is 2.34 bits per heavy atom. The Morgan fingerprint density at radius 2 is 1.72 bits per heavy atom. The molecule has 0 amide bonds. The number of Topliss-reactive ketones (excluding diaryl/α,β-unsaturated/α-hetero) is 1. The molecule has 1 aliphatic heterocycles. The van der Waals surface area contributed by atoms with Gasteiger partial charge in [0.05, 0.1) is 0 Å². The van der Waals surface area contributed by atoms with Crippen LogP contribution in [-0.4, -0.2) is 63.8 Å². The second-order valence-corrected chi connectivity index (χ2v) is 9.10. The molecule has 0 aliphatic carbocycles. The zero-order chi connectivity index (χ0) is 22.5. The molecule has 0 spiro atoms. The zero-order valence-corrected chi connectivity index (χ0v) is 19.4. The Balaban J connectivity index is 1.56. The molecule has 0 unspecified atom stereocenters. The normalized spacial score (nSPS) is 14.4. The number of carbonyl (C=O) groups is 1. The second-order valence-electron chi connectivity index (χ2n) is 7.86. The first-order chi connectivity index (χ1) is 15.5. The Hall–Kier alpha value is -3.11. The lowest BCUT2D eigenvalue weighted by Gasteiger charge is -2.32. The highest BCUT2D eigenvalue weighted by Gasteiger charge is 2.19. The number of rotatable bonds is 8. The molecule has 1 saturated heterocycles. The maximum absolute atomic E-state index is 11.7. The molecule has 9 nitrogen and oxygen atoms in total. The number of thiazole rings is 1. The summed E-state index contributed by atoms with van der Waals surface area (Å²) < 4.78 is 0. The Labute approximate surface area is 191 Å². The van der Waals surface area contributed by atoms with Crippen LogP contribution in [0, 0.1) is 6.92 Å². The molecular weight excluding hydrogens is 424 g/mol. The number of aromatic nitrogens is 4. The van der Waals surface area contributed by atoms with Gasteiger partial charge < -0.3 is 15.1 Å². The number of aryl methyl sites for hydroxylation is 1. The lowest BCUT2D eigenvalue weighted by molar-refractivity contribution is -0.118. The van der Waals surface area contributed by atoms with E-state index in [0.717, 1.165) is 47.4 Å². The minimum Gasteiger partial charge on any atom is -0.338 e. The van der Waals surface area contributed by atoms with Crippen LogP contribution < -0.4 is 15.5 Å². The fourth-order valence-electron chi connectivity index (χ4n) is 3.32. The molecule has 32 heavy (non-hydrogen) atoms. The molecule has 168 valence electrons. The fourth-order valence-corrected chi connectivity index (χ4v) is 3.98. The van der Waals surface area contributed by atoms with Gasteiger partial charge in [-0.25, -0.2) is 4.98 Å². The zero-order valence-electron chi connectivity index (χ0n) is 18.6. The van der Waals surface area contributed by atoms with Gasteiger partial charge in [0.1, 0.15) is 5.78 Å². The van der Waals surface area contributed by atoms with Gasteiger partial charge in [-0.05, 0) is 31.7 Å². The summed E-state index contributed by atoms with van der Waals surface area (Å²) in [6, 6.07) is 7.79. The number of piperazine rings is 1. The molecule has 0 bridgehead atoms. The van der Waals surface area contributed by atoms with Crippen LogP contribution in [0.3, 0.4) is 0 Å². The maximum Gasteiger partial charge on any atom is 0.235 e. The van der Waals surface area contributed by atoms with E-state index in [1.54, 1.807) is 11.3 Å². The van der Waals surface area contributed by atoms with Crippen molar-refractivity contribution in [2.24, 2.45) is 0 Å².